The Morgan fingerprint density at radius 3 is 2.64 bits per heavy atom. The second kappa shape index (κ2) is 4.15. The van der Waals surface area contributed by atoms with Crippen LogP contribution in [0.2, 0.25) is 0 Å². The average molecular weight is 157 g/mol. The van der Waals surface area contributed by atoms with Crippen LogP contribution in [0, 0.1) is 0 Å². The van der Waals surface area contributed by atoms with E-state index >= 15 is 0 Å². The van der Waals surface area contributed by atoms with Crippen LogP contribution in [-0.4, -0.2) is 43.7 Å². The van der Waals surface area contributed by atoms with E-state index in [1.54, 1.807) is 0 Å². The maximum Gasteiger partial charge on any atom is 0.192 e. The van der Waals surface area contributed by atoms with Crippen molar-refractivity contribution in [2.45, 2.75) is 0 Å². The van der Waals surface area contributed by atoms with Crippen LogP contribution in [-0.2, 0) is 0 Å². The Bertz CT molecular complexity index is 138. The highest BCUT2D eigenvalue weighted by Gasteiger charge is 2.10. The van der Waals surface area contributed by atoms with Gasteiger partial charge >= 0.3 is 0 Å². The average Bonchev–Trinajstić information content (AvgIpc) is 2.07. The summed E-state index contributed by atoms with van der Waals surface area (Å²) >= 11 is 0. The zero-order chi connectivity index (χ0) is 8.10. The smallest absolute Gasteiger partial charge is 0.192 e. The lowest BCUT2D eigenvalue weighted by molar-refractivity contribution is 0.353. The van der Waals surface area contributed by atoms with E-state index in [0.717, 1.165) is 26.2 Å². The Morgan fingerprint density at radius 1 is 1.45 bits per heavy atom. The SMILES string of the molecule is NCN=C(N)N1CCNCC1. The second-order valence-electron chi connectivity index (χ2n) is 2.44. The first kappa shape index (κ1) is 8.29. The zero-order valence-electron chi connectivity index (χ0n) is 6.58. The third-order valence-corrected chi connectivity index (χ3v) is 1.69. The number of rotatable bonds is 1. The van der Waals surface area contributed by atoms with Gasteiger partial charge in [0, 0.05) is 26.2 Å². The molecule has 1 saturated heterocycles. The molecule has 1 rings (SSSR count). The summed E-state index contributed by atoms with van der Waals surface area (Å²) in [4.78, 5) is 5.95. The van der Waals surface area contributed by atoms with Gasteiger partial charge in [-0.1, -0.05) is 0 Å². The summed E-state index contributed by atoms with van der Waals surface area (Å²) in [7, 11) is 0. The summed E-state index contributed by atoms with van der Waals surface area (Å²) in [6, 6.07) is 0. The highest BCUT2D eigenvalue weighted by atomic mass is 15.3. The monoisotopic (exact) mass is 157 g/mol. The largest absolute Gasteiger partial charge is 0.370 e. The molecule has 1 heterocycles. The number of nitrogens with one attached hydrogen (secondary N) is 1. The number of nitrogens with zero attached hydrogens (tertiary/aromatic N) is 2. The maximum absolute atomic E-state index is 5.63. The summed E-state index contributed by atoms with van der Waals surface area (Å²) in [6.45, 7) is 4.07. The Kier molecular flexibility index (Phi) is 3.13. The zero-order valence-corrected chi connectivity index (χ0v) is 6.58. The van der Waals surface area contributed by atoms with E-state index in [-0.39, 0.29) is 6.67 Å². The third kappa shape index (κ3) is 2.36. The van der Waals surface area contributed by atoms with Gasteiger partial charge in [-0.15, -0.1) is 0 Å². The fraction of sp³-hybridized carbons (Fsp3) is 0.833. The normalized spacial score (nSPS) is 20.5. The molecular formula is C6H15N5. The number of hydrogen-bond acceptors (Lipinski definition) is 3. The van der Waals surface area contributed by atoms with E-state index < -0.39 is 0 Å². The van der Waals surface area contributed by atoms with Gasteiger partial charge in [0.25, 0.3) is 0 Å². The molecule has 1 aliphatic rings. The molecular weight excluding hydrogens is 142 g/mol. The van der Waals surface area contributed by atoms with Crippen LogP contribution >= 0.6 is 0 Å². The van der Waals surface area contributed by atoms with Gasteiger partial charge in [0.2, 0.25) is 0 Å². The van der Waals surface area contributed by atoms with Crippen LogP contribution in [0.15, 0.2) is 4.99 Å². The van der Waals surface area contributed by atoms with Gasteiger partial charge in [-0.05, 0) is 0 Å². The van der Waals surface area contributed by atoms with Gasteiger partial charge in [-0.2, -0.15) is 0 Å². The molecule has 0 saturated carbocycles. The molecule has 5 N–H and O–H groups in total. The van der Waals surface area contributed by atoms with E-state index in [1.807, 2.05) is 4.90 Å². The van der Waals surface area contributed by atoms with Crippen LogP contribution in [0.3, 0.4) is 0 Å². The van der Waals surface area contributed by atoms with Crippen molar-refractivity contribution in [3.05, 3.63) is 0 Å². The summed E-state index contributed by atoms with van der Waals surface area (Å²) in [5.74, 6) is 0.564. The molecule has 5 nitrogen and oxygen atoms in total. The lowest BCUT2D eigenvalue weighted by atomic mass is 10.4. The molecule has 11 heavy (non-hydrogen) atoms. The summed E-state index contributed by atoms with van der Waals surface area (Å²) in [5.41, 5.74) is 10.9. The molecule has 0 amide bonds. The topological polar surface area (TPSA) is 79.7 Å². The van der Waals surface area contributed by atoms with E-state index in [0.29, 0.717) is 5.96 Å². The first-order valence-corrected chi connectivity index (χ1v) is 3.80. The third-order valence-electron chi connectivity index (χ3n) is 1.69. The van der Waals surface area contributed by atoms with Gasteiger partial charge < -0.3 is 21.7 Å². The summed E-state index contributed by atoms with van der Waals surface area (Å²) in [5, 5.41) is 3.23. The van der Waals surface area contributed by atoms with Crippen LogP contribution in [0.4, 0.5) is 0 Å². The first-order chi connectivity index (χ1) is 5.34. The second-order valence-corrected chi connectivity index (χ2v) is 2.44. The van der Waals surface area contributed by atoms with Gasteiger partial charge in [0.05, 0.1) is 6.67 Å². The van der Waals surface area contributed by atoms with Crippen molar-refractivity contribution in [3.8, 4) is 0 Å². The maximum atomic E-state index is 5.63. The Balaban J connectivity index is 2.38. The standard InChI is InChI=1S/C6H15N5/c7-5-10-6(8)11-3-1-9-2-4-11/h9H,1-5,7H2,(H2,8,10). The molecule has 64 valence electrons. The van der Waals surface area contributed by atoms with Crippen LogP contribution in [0.25, 0.3) is 0 Å². The molecule has 0 aromatic rings. The predicted octanol–water partition coefficient (Wildman–Crippen LogP) is -1.88. The predicted molar refractivity (Wildman–Crippen MR) is 45.1 cm³/mol. The van der Waals surface area contributed by atoms with Crippen molar-refractivity contribution in [1.82, 2.24) is 10.2 Å². The van der Waals surface area contributed by atoms with Gasteiger partial charge in [-0.25, -0.2) is 4.99 Å². The Labute approximate surface area is 66.4 Å². The Morgan fingerprint density at radius 2 is 2.09 bits per heavy atom. The lowest BCUT2D eigenvalue weighted by Crippen LogP contribution is -2.49. The molecule has 0 aliphatic carbocycles. The van der Waals surface area contributed by atoms with E-state index in [4.69, 9.17) is 11.5 Å². The minimum atomic E-state index is 0.274. The molecule has 0 radical (unpaired) electrons. The van der Waals surface area contributed by atoms with Gasteiger partial charge in [-0.3, -0.25) is 0 Å². The fourth-order valence-electron chi connectivity index (χ4n) is 1.09. The van der Waals surface area contributed by atoms with E-state index in [2.05, 4.69) is 10.3 Å². The molecule has 1 aliphatic heterocycles. The summed E-state index contributed by atoms with van der Waals surface area (Å²) in [6.07, 6.45) is 0. The fourth-order valence-corrected chi connectivity index (χ4v) is 1.09. The number of guanidine groups is 1. The molecule has 0 aromatic heterocycles. The first-order valence-electron chi connectivity index (χ1n) is 3.80. The Hall–Kier alpha value is -0.810. The highest BCUT2D eigenvalue weighted by Crippen LogP contribution is 1.90. The van der Waals surface area contributed by atoms with Crippen LogP contribution < -0.4 is 16.8 Å². The molecule has 1 fully saturated rings. The molecule has 0 unspecified atom stereocenters. The quantitative estimate of drug-likeness (QED) is 0.307. The lowest BCUT2D eigenvalue weighted by Gasteiger charge is -2.27. The van der Waals surface area contributed by atoms with Crippen molar-refractivity contribution in [1.29, 1.82) is 0 Å². The molecule has 0 aromatic carbocycles. The molecule has 5 heteroatoms. The minimum Gasteiger partial charge on any atom is -0.370 e. The number of nitrogens with two attached hydrogens (primary N) is 2. The molecule has 0 atom stereocenters. The molecule has 0 spiro atoms. The van der Waals surface area contributed by atoms with E-state index in [1.165, 1.54) is 0 Å². The van der Waals surface area contributed by atoms with Crippen LogP contribution in [0.5, 0.6) is 0 Å². The number of aliphatic imine (C=N–C) groups is 1. The van der Waals surface area contributed by atoms with E-state index in [9.17, 15) is 0 Å². The van der Waals surface area contributed by atoms with Crippen molar-refractivity contribution >= 4 is 5.96 Å². The van der Waals surface area contributed by atoms with Gasteiger partial charge in [0.15, 0.2) is 5.96 Å². The van der Waals surface area contributed by atoms with Gasteiger partial charge in [0.1, 0.15) is 0 Å². The van der Waals surface area contributed by atoms with Crippen molar-refractivity contribution in [2.75, 3.05) is 32.8 Å². The number of hydrogen-bond donors (Lipinski definition) is 3. The van der Waals surface area contributed by atoms with Crippen molar-refractivity contribution in [3.63, 3.8) is 0 Å². The van der Waals surface area contributed by atoms with Crippen molar-refractivity contribution in [2.24, 2.45) is 16.5 Å². The highest BCUT2D eigenvalue weighted by molar-refractivity contribution is 5.78. The summed E-state index contributed by atoms with van der Waals surface area (Å²) < 4.78 is 0. The minimum absolute atomic E-state index is 0.274. The molecule has 0 bridgehead atoms. The van der Waals surface area contributed by atoms with Crippen LogP contribution in [0.1, 0.15) is 0 Å². The number of piperazine rings is 1. The van der Waals surface area contributed by atoms with Crippen molar-refractivity contribution < 1.29 is 0 Å².